The summed E-state index contributed by atoms with van der Waals surface area (Å²) in [6, 6.07) is 11.3. The second kappa shape index (κ2) is 10.4. The minimum Gasteiger partial charge on any atom is -0.256 e. The lowest BCUT2D eigenvalue weighted by atomic mass is 9.99. The highest BCUT2D eigenvalue weighted by atomic mass is 19.2. The molecule has 3 aromatic carbocycles. The molecule has 0 spiro atoms. The van der Waals surface area contributed by atoms with E-state index in [0.29, 0.717) is 11.3 Å². The Balaban J connectivity index is 1.64. The van der Waals surface area contributed by atoms with Crippen molar-refractivity contribution in [3.05, 3.63) is 113 Å². The highest BCUT2D eigenvalue weighted by molar-refractivity contribution is 5.84. The first-order valence-electron chi connectivity index (χ1n) is 10.9. The Kier molecular flexibility index (Phi) is 7.24. The van der Waals surface area contributed by atoms with Crippen LogP contribution in [0.2, 0.25) is 0 Å². The highest BCUT2D eigenvalue weighted by Crippen LogP contribution is 2.34. The molecule has 0 amide bonds. The van der Waals surface area contributed by atoms with E-state index in [9.17, 15) is 30.7 Å². The van der Waals surface area contributed by atoms with E-state index in [1.54, 1.807) is 18.3 Å². The Labute approximate surface area is 202 Å². The van der Waals surface area contributed by atoms with Gasteiger partial charge in [0, 0.05) is 28.5 Å². The van der Waals surface area contributed by atoms with Crippen molar-refractivity contribution in [3.8, 4) is 22.4 Å². The van der Waals surface area contributed by atoms with Crippen LogP contribution in [0, 0.1) is 29.1 Å². The van der Waals surface area contributed by atoms with Crippen molar-refractivity contribution >= 4 is 11.7 Å². The second-order valence-corrected chi connectivity index (χ2v) is 8.07. The van der Waals surface area contributed by atoms with Crippen molar-refractivity contribution < 1.29 is 30.7 Å². The number of halogens is 7. The molecule has 0 aliphatic rings. The molecule has 1 aromatic heterocycles. The molecule has 0 bridgehead atoms. The average molecular weight is 501 g/mol. The summed E-state index contributed by atoms with van der Waals surface area (Å²) >= 11 is 0. The average Bonchev–Trinajstić information content (AvgIpc) is 2.86. The third-order valence-corrected chi connectivity index (χ3v) is 5.57. The van der Waals surface area contributed by atoms with Gasteiger partial charge in [-0.25, -0.2) is 30.7 Å². The summed E-state index contributed by atoms with van der Waals surface area (Å²) in [6.45, 7) is 2.05. The zero-order chi connectivity index (χ0) is 26.0. The van der Waals surface area contributed by atoms with Gasteiger partial charge in [0.15, 0.2) is 29.1 Å². The highest BCUT2D eigenvalue weighted by Gasteiger charge is 2.20. The van der Waals surface area contributed by atoms with Crippen molar-refractivity contribution in [2.75, 3.05) is 0 Å². The van der Waals surface area contributed by atoms with Gasteiger partial charge in [0.2, 0.25) is 0 Å². The van der Waals surface area contributed by atoms with Crippen LogP contribution in [-0.2, 0) is 6.42 Å². The zero-order valence-corrected chi connectivity index (χ0v) is 18.9. The van der Waals surface area contributed by atoms with Gasteiger partial charge in [-0.3, -0.25) is 4.98 Å². The number of pyridine rings is 1. The van der Waals surface area contributed by atoms with Crippen LogP contribution in [-0.4, -0.2) is 4.98 Å². The number of aryl methyl sites for hydroxylation is 1. The zero-order valence-electron chi connectivity index (χ0n) is 18.9. The SMILES string of the molecule is CCCc1ccc(-c2ccc(-c3ccc(C(F)=C(F)c4cc(F)c(F)c(F)c4)c(F)c3)c(F)c2)nc1. The molecule has 1 nitrogen and oxygen atoms in total. The Morgan fingerprint density at radius 2 is 1.36 bits per heavy atom. The van der Waals surface area contributed by atoms with E-state index >= 15 is 0 Å². The molecule has 0 aliphatic heterocycles. The fraction of sp³-hybridized carbons (Fsp3) is 0.107. The largest absolute Gasteiger partial charge is 0.256 e. The normalized spacial score (nSPS) is 12.0. The van der Waals surface area contributed by atoms with E-state index in [1.165, 1.54) is 18.2 Å². The van der Waals surface area contributed by atoms with Crippen molar-refractivity contribution in [1.82, 2.24) is 4.98 Å². The third-order valence-electron chi connectivity index (χ3n) is 5.57. The molecular weight excluding hydrogens is 483 g/mol. The quantitative estimate of drug-likeness (QED) is 0.146. The van der Waals surface area contributed by atoms with Gasteiger partial charge in [0.1, 0.15) is 11.6 Å². The number of hydrogen-bond donors (Lipinski definition) is 0. The lowest BCUT2D eigenvalue weighted by molar-refractivity contribution is 0.446. The topological polar surface area (TPSA) is 12.9 Å². The number of benzene rings is 3. The van der Waals surface area contributed by atoms with Crippen molar-refractivity contribution in [1.29, 1.82) is 0 Å². The van der Waals surface area contributed by atoms with Crippen LogP contribution in [0.3, 0.4) is 0 Å². The molecule has 0 unspecified atom stereocenters. The van der Waals surface area contributed by atoms with E-state index in [-0.39, 0.29) is 23.3 Å². The van der Waals surface area contributed by atoms with E-state index in [4.69, 9.17) is 0 Å². The first kappa shape index (κ1) is 25.2. The fourth-order valence-corrected chi connectivity index (χ4v) is 3.73. The van der Waals surface area contributed by atoms with Gasteiger partial charge in [0.05, 0.1) is 5.69 Å². The van der Waals surface area contributed by atoms with Crippen LogP contribution in [0.4, 0.5) is 30.7 Å². The fourth-order valence-electron chi connectivity index (χ4n) is 3.73. The Morgan fingerprint density at radius 1 is 0.694 bits per heavy atom. The predicted molar refractivity (Wildman–Crippen MR) is 124 cm³/mol. The minimum atomic E-state index is -1.85. The van der Waals surface area contributed by atoms with E-state index in [2.05, 4.69) is 4.98 Å². The standard InChI is InChI=1S/C28H18F7N/c1-2-3-15-4-9-25(36-14-15)17-6-7-19(21(29)11-17)16-5-8-20(22(30)10-16)27(34)26(33)18-12-23(31)28(35)24(32)13-18/h4-14H,2-3H2,1H3. The molecule has 0 radical (unpaired) electrons. The summed E-state index contributed by atoms with van der Waals surface area (Å²) in [5, 5.41) is 0. The van der Waals surface area contributed by atoms with Gasteiger partial charge in [-0.1, -0.05) is 37.6 Å². The monoisotopic (exact) mass is 501 g/mol. The summed E-state index contributed by atoms with van der Waals surface area (Å²) in [5.41, 5.74) is 0.392. The molecule has 0 N–H and O–H groups in total. The molecule has 4 rings (SSSR count). The maximum atomic E-state index is 14.9. The third kappa shape index (κ3) is 5.03. The van der Waals surface area contributed by atoms with Gasteiger partial charge >= 0.3 is 0 Å². The number of rotatable bonds is 6. The molecule has 0 aliphatic carbocycles. The van der Waals surface area contributed by atoms with Crippen molar-refractivity contribution in [2.45, 2.75) is 19.8 Å². The molecule has 0 saturated heterocycles. The molecule has 184 valence electrons. The van der Waals surface area contributed by atoms with Crippen molar-refractivity contribution in [3.63, 3.8) is 0 Å². The van der Waals surface area contributed by atoms with E-state index in [0.717, 1.165) is 30.5 Å². The van der Waals surface area contributed by atoms with Gasteiger partial charge < -0.3 is 0 Å². The molecule has 1 heterocycles. The Morgan fingerprint density at radius 3 is 1.94 bits per heavy atom. The maximum absolute atomic E-state index is 14.9. The predicted octanol–water partition coefficient (Wildman–Crippen LogP) is 8.83. The van der Waals surface area contributed by atoms with Gasteiger partial charge in [-0.05, 0) is 53.9 Å². The minimum absolute atomic E-state index is 0.0133. The lowest BCUT2D eigenvalue weighted by Gasteiger charge is -2.09. The Hall–Kier alpha value is -3.94. The molecular formula is C28H18F7N. The van der Waals surface area contributed by atoms with Crippen LogP contribution >= 0.6 is 0 Å². The van der Waals surface area contributed by atoms with Crippen molar-refractivity contribution in [2.24, 2.45) is 0 Å². The van der Waals surface area contributed by atoms with Crippen LogP contribution < -0.4 is 0 Å². The van der Waals surface area contributed by atoms with Gasteiger partial charge in [0.25, 0.3) is 0 Å². The van der Waals surface area contributed by atoms with Gasteiger partial charge in [-0.2, -0.15) is 0 Å². The number of hydrogen-bond acceptors (Lipinski definition) is 1. The second-order valence-electron chi connectivity index (χ2n) is 8.07. The molecule has 0 saturated carbocycles. The maximum Gasteiger partial charge on any atom is 0.194 e. The first-order chi connectivity index (χ1) is 17.2. The molecule has 8 heteroatoms. The molecule has 0 fully saturated rings. The number of aromatic nitrogens is 1. The summed E-state index contributed by atoms with van der Waals surface area (Å²) in [6.07, 6.45) is 3.56. The molecule has 0 atom stereocenters. The summed E-state index contributed by atoms with van der Waals surface area (Å²) in [7, 11) is 0. The lowest BCUT2D eigenvalue weighted by Crippen LogP contribution is -1.95. The van der Waals surface area contributed by atoms with Crippen LogP contribution in [0.5, 0.6) is 0 Å². The Bertz CT molecular complexity index is 1440. The van der Waals surface area contributed by atoms with Gasteiger partial charge in [-0.15, -0.1) is 0 Å². The summed E-state index contributed by atoms with van der Waals surface area (Å²) in [4.78, 5) is 4.34. The molecule has 4 aromatic rings. The van der Waals surface area contributed by atoms with E-state index in [1.807, 2.05) is 13.0 Å². The summed E-state index contributed by atoms with van der Waals surface area (Å²) in [5.74, 6) is -10.8. The van der Waals surface area contributed by atoms with Crippen LogP contribution in [0.25, 0.3) is 34.0 Å². The number of nitrogens with zero attached hydrogens (tertiary/aromatic N) is 1. The summed E-state index contributed by atoms with van der Waals surface area (Å²) < 4.78 is 98.5. The first-order valence-corrected chi connectivity index (χ1v) is 10.9. The van der Waals surface area contributed by atoms with Crippen LogP contribution in [0.15, 0.2) is 66.9 Å². The van der Waals surface area contributed by atoms with E-state index < -0.39 is 51.9 Å². The smallest absolute Gasteiger partial charge is 0.194 e. The molecule has 36 heavy (non-hydrogen) atoms. The van der Waals surface area contributed by atoms with Crippen LogP contribution in [0.1, 0.15) is 30.0 Å².